The minimum atomic E-state index is -0.492. The molecule has 3 aromatic rings. The fourth-order valence-electron chi connectivity index (χ4n) is 6.45. The number of hydrogen-bond acceptors (Lipinski definition) is 4. The summed E-state index contributed by atoms with van der Waals surface area (Å²) in [7, 11) is -0.947. The van der Waals surface area contributed by atoms with Crippen LogP contribution >= 0.6 is 0 Å². The molecular weight excluding hydrogens is 508 g/mol. The third-order valence-electron chi connectivity index (χ3n) is 10.1. The van der Waals surface area contributed by atoms with Gasteiger partial charge in [0.15, 0.2) is 0 Å². The van der Waals surface area contributed by atoms with Crippen molar-refractivity contribution in [3.8, 4) is 0 Å². The van der Waals surface area contributed by atoms with Crippen LogP contribution in [0.2, 0.25) is 0 Å². The highest BCUT2D eigenvalue weighted by Crippen LogP contribution is 2.43. The van der Waals surface area contributed by atoms with Crippen LogP contribution in [0.3, 0.4) is 0 Å². The molecule has 1 aromatic heterocycles. The van der Waals surface area contributed by atoms with Gasteiger partial charge >= 0.3 is 14.2 Å². The van der Waals surface area contributed by atoms with E-state index in [0.29, 0.717) is 0 Å². The molecule has 0 saturated carbocycles. The summed E-state index contributed by atoms with van der Waals surface area (Å²) < 4.78 is 29.4. The largest absolute Gasteiger partial charge is 0.497 e. The summed E-state index contributed by atoms with van der Waals surface area (Å²) in [6.45, 7) is 33.9. The summed E-state index contributed by atoms with van der Waals surface area (Å²) in [6.07, 6.45) is 0. The summed E-state index contributed by atoms with van der Waals surface area (Å²) in [5, 5.41) is 2.43. The monoisotopic (exact) mass is 559 g/mol. The second-order valence-electron chi connectivity index (χ2n) is 16.3. The fraction of sp³-hybridized carbons (Fsp3) is 0.647. The summed E-state index contributed by atoms with van der Waals surface area (Å²) >= 11 is 0. The van der Waals surface area contributed by atoms with Crippen molar-refractivity contribution < 1.29 is 18.6 Å². The van der Waals surface area contributed by atoms with E-state index in [1.165, 1.54) is 27.4 Å². The summed E-state index contributed by atoms with van der Waals surface area (Å²) in [5.74, 6) is 0. The minimum absolute atomic E-state index is 0.0842. The van der Waals surface area contributed by atoms with Crippen molar-refractivity contribution in [1.82, 2.24) is 4.57 Å². The predicted molar refractivity (Wildman–Crippen MR) is 174 cm³/mol. The minimum Gasteiger partial charge on any atom is -0.399 e. The zero-order valence-corrected chi connectivity index (χ0v) is 28.3. The van der Waals surface area contributed by atoms with Gasteiger partial charge in [-0.2, -0.15) is 0 Å². The van der Waals surface area contributed by atoms with E-state index in [1.807, 2.05) is 0 Å². The number of fused-ring (bicyclic) bond motifs is 3. The number of rotatable bonds is 3. The second-order valence-corrected chi connectivity index (χ2v) is 16.3. The van der Waals surface area contributed by atoms with Gasteiger partial charge in [0.1, 0.15) is 0 Å². The molecule has 2 aromatic carbocycles. The molecule has 41 heavy (non-hydrogen) atoms. The third kappa shape index (κ3) is 4.61. The van der Waals surface area contributed by atoms with Gasteiger partial charge in [0.2, 0.25) is 0 Å². The molecule has 0 aliphatic carbocycles. The van der Waals surface area contributed by atoms with E-state index in [1.54, 1.807) is 0 Å². The lowest BCUT2D eigenvalue weighted by Gasteiger charge is -2.34. The van der Waals surface area contributed by atoms with Crippen LogP contribution in [0.1, 0.15) is 115 Å². The van der Waals surface area contributed by atoms with E-state index < -0.39 is 36.6 Å². The number of para-hydroxylation sites is 1. The van der Waals surface area contributed by atoms with Gasteiger partial charge in [-0.3, -0.25) is 0 Å². The van der Waals surface area contributed by atoms with Crippen molar-refractivity contribution in [2.24, 2.45) is 0 Å². The first-order valence-electron chi connectivity index (χ1n) is 15.4. The van der Waals surface area contributed by atoms with Crippen LogP contribution in [0.4, 0.5) is 0 Å². The second kappa shape index (κ2) is 9.11. The van der Waals surface area contributed by atoms with Crippen molar-refractivity contribution in [2.75, 3.05) is 0 Å². The molecule has 0 bridgehead atoms. The molecule has 0 amide bonds. The highest BCUT2D eigenvalue weighted by molar-refractivity contribution is 6.67. The lowest BCUT2D eigenvalue weighted by Crippen LogP contribution is -2.43. The Morgan fingerprint density at radius 1 is 0.659 bits per heavy atom. The van der Waals surface area contributed by atoms with Crippen LogP contribution in [0.15, 0.2) is 24.3 Å². The van der Waals surface area contributed by atoms with Crippen LogP contribution in [-0.2, 0) is 36.0 Å². The fourth-order valence-corrected chi connectivity index (χ4v) is 6.45. The predicted octanol–water partition coefficient (Wildman–Crippen LogP) is 7.01. The van der Waals surface area contributed by atoms with Crippen LogP contribution in [0, 0.1) is 0 Å². The highest BCUT2D eigenvalue weighted by Gasteiger charge is 2.55. The van der Waals surface area contributed by atoms with Gasteiger partial charge in [0.05, 0.1) is 22.4 Å². The Morgan fingerprint density at radius 3 is 1.59 bits per heavy atom. The Balaban J connectivity index is 1.94. The molecule has 2 saturated heterocycles. The van der Waals surface area contributed by atoms with Crippen LogP contribution in [0.5, 0.6) is 0 Å². The average molecular weight is 559 g/mol. The average Bonchev–Trinajstić information content (AvgIpc) is 3.33. The van der Waals surface area contributed by atoms with Crippen molar-refractivity contribution in [3.05, 3.63) is 35.4 Å². The Morgan fingerprint density at radius 2 is 1.15 bits per heavy atom. The zero-order valence-electron chi connectivity index (χ0n) is 28.3. The standard InChI is InChI=1S/C34H51B2NO4/c1-16-37-27-21(18-17-19-24(27)35-38-31(8,9)32(10,11)39-35)22-20-23(29(2,3)4)25(30(5,6)7)26(28(22)37)36-40-33(12,13)34(14,15)41-36/h17-20H,16H2,1-15H3. The summed E-state index contributed by atoms with van der Waals surface area (Å²) in [5.41, 5.74) is 5.23. The molecule has 3 heterocycles. The van der Waals surface area contributed by atoms with Crippen molar-refractivity contribution >= 4 is 47.0 Å². The molecular formula is C34H51B2NO4. The van der Waals surface area contributed by atoms with Gasteiger partial charge in [-0.25, -0.2) is 0 Å². The van der Waals surface area contributed by atoms with Crippen molar-refractivity contribution in [3.63, 3.8) is 0 Å². The van der Waals surface area contributed by atoms with E-state index >= 15 is 0 Å². The molecule has 0 spiro atoms. The van der Waals surface area contributed by atoms with Crippen molar-refractivity contribution in [1.29, 1.82) is 0 Å². The number of aryl methyl sites for hydroxylation is 1. The molecule has 2 fully saturated rings. The SMILES string of the molecule is CCn1c2c(B3OC(C)(C)C(C)(C)O3)cccc2c2cc(C(C)(C)C)c(C(C)(C)C)c(B3OC(C)(C)C(C)(C)O3)c21. The van der Waals surface area contributed by atoms with Crippen molar-refractivity contribution in [2.45, 2.75) is 144 Å². The number of hydrogen-bond donors (Lipinski definition) is 0. The zero-order chi connectivity index (χ0) is 30.7. The normalized spacial score (nSPS) is 21.9. The number of benzene rings is 2. The van der Waals surface area contributed by atoms with Crippen LogP contribution in [0.25, 0.3) is 21.8 Å². The third-order valence-corrected chi connectivity index (χ3v) is 10.1. The Bertz CT molecular complexity index is 1490. The lowest BCUT2D eigenvalue weighted by molar-refractivity contribution is 0.00578. The van der Waals surface area contributed by atoms with Gasteiger partial charge in [0.25, 0.3) is 0 Å². The first kappa shape index (κ1) is 30.7. The van der Waals surface area contributed by atoms with Gasteiger partial charge in [-0.05, 0) is 90.3 Å². The van der Waals surface area contributed by atoms with E-state index in [4.69, 9.17) is 18.6 Å². The first-order valence-corrected chi connectivity index (χ1v) is 15.4. The molecule has 5 rings (SSSR count). The maximum absolute atomic E-state index is 6.86. The molecule has 0 radical (unpaired) electrons. The van der Waals surface area contributed by atoms with Gasteiger partial charge in [-0.1, -0.05) is 59.7 Å². The maximum Gasteiger partial charge on any atom is 0.497 e. The van der Waals surface area contributed by atoms with Gasteiger partial charge in [0, 0.05) is 39.3 Å². The van der Waals surface area contributed by atoms with E-state index in [9.17, 15) is 0 Å². The van der Waals surface area contributed by atoms with Gasteiger partial charge in [-0.15, -0.1) is 0 Å². The molecule has 0 atom stereocenters. The highest BCUT2D eigenvalue weighted by atomic mass is 16.7. The molecule has 2 aliphatic rings. The Hall–Kier alpha value is -1.79. The quantitative estimate of drug-likeness (QED) is 0.324. The molecule has 2 aliphatic heterocycles. The Kier molecular flexibility index (Phi) is 6.81. The topological polar surface area (TPSA) is 41.9 Å². The molecule has 222 valence electrons. The van der Waals surface area contributed by atoms with E-state index in [0.717, 1.165) is 23.0 Å². The maximum atomic E-state index is 6.86. The Labute approximate surface area is 248 Å². The molecule has 0 unspecified atom stereocenters. The smallest absolute Gasteiger partial charge is 0.399 e. The van der Waals surface area contributed by atoms with E-state index in [2.05, 4.69) is 133 Å². The van der Waals surface area contributed by atoms with E-state index in [-0.39, 0.29) is 10.8 Å². The number of aromatic nitrogens is 1. The number of nitrogens with zero attached hydrogens (tertiary/aromatic N) is 1. The molecule has 7 heteroatoms. The molecule has 5 nitrogen and oxygen atoms in total. The summed E-state index contributed by atoms with van der Waals surface area (Å²) in [4.78, 5) is 0. The molecule has 0 N–H and O–H groups in total. The van der Waals surface area contributed by atoms with Gasteiger partial charge < -0.3 is 23.2 Å². The lowest BCUT2D eigenvalue weighted by atomic mass is 9.64. The first-order chi connectivity index (χ1) is 18.5. The van der Waals surface area contributed by atoms with Crippen LogP contribution in [-0.4, -0.2) is 41.2 Å². The van der Waals surface area contributed by atoms with Crippen LogP contribution < -0.4 is 10.9 Å². The summed E-state index contributed by atoms with van der Waals surface area (Å²) in [6, 6.07) is 8.99.